The van der Waals surface area contributed by atoms with Gasteiger partial charge in [0.2, 0.25) is 5.82 Å². The first-order chi connectivity index (χ1) is 18.5. The lowest BCUT2D eigenvalue weighted by Gasteiger charge is -2.36. The third-order valence-electron chi connectivity index (χ3n) is 6.64. The van der Waals surface area contributed by atoms with Crippen molar-refractivity contribution in [3.05, 3.63) is 53.3 Å². The Balaban J connectivity index is 1.17. The number of halogens is 1. The number of tetrazole rings is 1. The number of anilines is 2. The zero-order valence-electron chi connectivity index (χ0n) is 20.5. The van der Waals surface area contributed by atoms with Crippen LogP contribution in [0.15, 0.2) is 42.7 Å². The molecule has 2 fully saturated rings. The highest BCUT2D eigenvalue weighted by atomic mass is 35.5. The third-order valence-corrected chi connectivity index (χ3v) is 6.97. The van der Waals surface area contributed by atoms with Gasteiger partial charge in [-0.1, -0.05) is 11.6 Å². The monoisotopic (exact) mass is 537 g/mol. The number of nitrogens with one attached hydrogen (secondary N) is 1. The van der Waals surface area contributed by atoms with Crippen molar-refractivity contribution in [1.29, 1.82) is 0 Å². The van der Waals surface area contributed by atoms with E-state index in [9.17, 15) is 9.59 Å². The van der Waals surface area contributed by atoms with E-state index in [1.807, 2.05) is 18.3 Å². The lowest BCUT2D eigenvalue weighted by Crippen LogP contribution is -2.51. The number of methoxy groups -OCH3 is 1. The predicted octanol–water partition coefficient (Wildman–Crippen LogP) is 2.35. The van der Waals surface area contributed by atoms with Crippen molar-refractivity contribution >= 4 is 40.5 Å². The van der Waals surface area contributed by atoms with Gasteiger partial charge in [-0.3, -0.25) is 4.79 Å². The standard InChI is InChI=1S/C24H24ClN9O4/c1-37-24(36)32-12-17(13-32)34-29-22(28-30-34)15-2-4-19(25)20(10-15)27-23(35)18-11-26-33-14-16(3-5-21(18)33)31-6-8-38-9-7-31/h2-5,10-11,14,17H,6-9,12-13H2,1H3,(H,27,35). The molecular weight excluding hydrogens is 514 g/mol. The number of amides is 2. The topological polar surface area (TPSA) is 132 Å². The van der Waals surface area contributed by atoms with Crippen LogP contribution >= 0.6 is 11.6 Å². The summed E-state index contributed by atoms with van der Waals surface area (Å²) in [5.41, 5.74) is 3.17. The van der Waals surface area contributed by atoms with Crippen molar-refractivity contribution in [1.82, 2.24) is 34.7 Å². The van der Waals surface area contributed by atoms with Crippen molar-refractivity contribution in [2.45, 2.75) is 6.04 Å². The number of morpholine rings is 1. The van der Waals surface area contributed by atoms with Gasteiger partial charge in [-0.2, -0.15) is 9.90 Å². The Morgan fingerprint density at radius 2 is 1.97 bits per heavy atom. The summed E-state index contributed by atoms with van der Waals surface area (Å²) in [5.74, 6) is 0.0347. The summed E-state index contributed by atoms with van der Waals surface area (Å²) in [6, 6.07) is 8.90. The number of likely N-dealkylation sites (tertiary alicyclic amines) is 1. The molecule has 1 aromatic carbocycles. The Hall–Kier alpha value is -4.23. The van der Waals surface area contributed by atoms with Crippen LogP contribution < -0.4 is 10.2 Å². The minimum absolute atomic E-state index is 0.0822. The predicted molar refractivity (Wildman–Crippen MR) is 137 cm³/mol. The summed E-state index contributed by atoms with van der Waals surface area (Å²) < 4.78 is 11.8. The van der Waals surface area contributed by atoms with E-state index in [4.69, 9.17) is 21.1 Å². The minimum atomic E-state index is -0.386. The summed E-state index contributed by atoms with van der Waals surface area (Å²) in [5, 5.41) is 20.3. The number of benzene rings is 1. The normalized spacial score (nSPS) is 15.9. The molecule has 0 spiro atoms. The zero-order valence-corrected chi connectivity index (χ0v) is 21.2. The number of hydrogen-bond acceptors (Lipinski definition) is 9. The molecule has 0 bridgehead atoms. The van der Waals surface area contributed by atoms with Crippen molar-refractivity contribution in [2.75, 3.05) is 56.7 Å². The summed E-state index contributed by atoms with van der Waals surface area (Å²) in [6.45, 7) is 3.88. The highest BCUT2D eigenvalue weighted by molar-refractivity contribution is 6.34. The van der Waals surface area contributed by atoms with Crippen LogP contribution in [0.3, 0.4) is 0 Å². The number of carbonyl (C=O) groups excluding carboxylic acids is 2. The Labute approximate surface area is 221 Å². The lowest BCUT2D eigenvalue weighted by atomic mass is 10.1. The van der Waals surface area contributed by atoms with Gasteiger partial charge >= 0.3 is 6.09 Å². The first-order valence-electron chi connectivity index (χ1n) is 12.0. The lowest BCUT2D eigenvalue weighted by molar-refractivity contribution is 0.0621. The second-order valence-corrected chi connectivity index (χ2v) is 9.39. The molecule has 0 atom stereocenters. The first-order valence-corrected chi connectivity index (χ1v) is 12.4. The summed E-state index contributed by atoms with van der Waals surface area (Å²) >= 11 is 6.40. The third kappa shape index (κ3) is 4.50. The summed E-state index contributed by atoms with van der Waals surface area (Å²) in [6.07, 6.45) is 3.06. The van der Waals surface area contributed by atoms with Gasteiger partial charge in [-0.15, -0.1) is 10.2 Å². The molecule has 6 rings (SSSR count). The van der Waals surface area contributed by atoms with Crippen molar-refractivity contribution in [3.8, 4) is 11.4 Å². The van der Waals surface area contributed by atoms with E-state index in [1.54, 1.807) is 27.6 Å². The second-order valence-electron chi connectivity index (χ2n) is 8.99. The average Bonchev–Trinajstić information content (AvgIpc) is 3.57. The molecule has 5 heterocycles. The van der Waals surface area contributed by atoms with Gasteiger partial charge in [0, 0.05) is 18.7 Å². The van der Waals surface area contributed by atoms with Gasteiger partial charge in [0.25, 0.3) is 5.91 Å². The van der Waals surface area contributed by atoms with Crippen LogP contribution in [0.4, 0.5) is 16.2 Å². The Bertz CT molecular complexity index is 1510. The van der Waals surface area contributed by atoms with Gasteiger partial charge in [-0.05, 0) is 35.5 Å². The maximum absolute atomic E-state index is 13.2. The molecule has 0 radical (unpaired) electrons. The quantitative estimate of drug-likeness (QED) is 0.407. The van der Waals surface area contributed by atoms with Crippen LogP contribution in [0.25, 0.3) is 16.9 Å². The van der Waals surface area contributed by atoms with E-state index in [0.717, 1.165) is 18.8 Å². The molecule has 2 aliphatic heterocycles. The molecule has 3 aromatic heterocycles. The molecule has 2 aliphatic rings. The molecule has 38 heavy (non-hydrogen) atoms. The van der Waals surface area contributed by atoms with Gasteiger partial charge in [0.15, 0.2) is 0 Å². The zero-order chi connectivity index (χ0) is 26.2. The van der Waals surface area contributed by atoms with Crippen LogP contribution in [0.5, 0.6) is 0 Å². The molecule has 4 aromatic rings. The number of fused-ring (bicyclic) bond motifs is 1. The van der Waals surface area contributed by atoms with Crippen LogP contribution in [0.2, 0.25) is 5.02 Å². The van der Waals surface area contributed by atoms with Crippen LogP contribution in [-0.4, -0.2) is 93.2 Å². The smallest absolute Gasteiger partial charge is 0.409 e. The van der Waals surface area contributed by atoms with E-state index in [1.165, 1.54) is 18.1 Å². The van der Waals surface area contributed by atoms with E-state index < -0.39 is 0 Å². The van der Waals surface area contributed by atoms with Crippen molar-refractivity contribution in [3.63, 3.8) is 0 Å². The molecule has 0 saturated carbocycles. The maximum atomic E-state index is 13.2. The molecule has 0 aliphatic carbocycles. The van der Waals surface area contributed by atoms with Crippen LogP contribution in [0, 0.1) is 0 Å². The summed E-state index contributed by atoms with van der Waals surface area (Å²) in [7, 11) is 1.34. The Kier molecular flexibility index (Phi) is 6.29. The Morgan fingerprint density at radius 1 is 1.16 bits per heavy atom. The highest BCUT2D eigenvalue weighted by Crippen LogP contribution is 2.29. The van der Waals surface area contributed by atoms with Crippen molar-refractivity contribution < 1.29 is 19.1 Å². The number of hydrogen-bond donors (Lipinski definition) is 1. The molecule has 1 N–H and O–H groups in total. The van der Waals surface area contributed by atoms with Gasteiger partial charge in [0.05, 0.1) is 73.3 Å². The van der Waals surface area contributed by atoms with Crippen LogP contribution in [0.1, 0.15) is 16.4 Å². The minimum Gasteiger partial charge on any atom is -0.453 e. The largest absolute Gasteiger partial charge is 0.453 e. The number of aromatic nitrogens is 6. The Morgan fingerprint density at radius 3 is 2.76 bits per heavy atom. The molecule has 196 valence electrons. The molecular formula is C24H24ClN9O4. The second kappa shape index (κ2) is 9.91. The average molecular weight is 538 g/mol. The van der Waals surface area contributed by atoms with Crippen molar-refractivity contribution in [2.24, 2.45) is 0 Å². The number of pyridine rings is 1. The first kappa shape index (κ1) is 24.1. The van der Waals surface area contributed by atoms with Gasteiger partial charge in [0.1, 0.15) is 6.04 Å². The molecule has 0 unspecified atom stereocenters. The molecule has 2 amide bonds. The fraction of sp³-hybridized carbons (Fsp3) is 0.333. The van der Waals surface area contributed by atoms with E-state index >= 15 is 0 Å². The number of ether oxygens (including phenoxy) is 2. The van der Waals surface area contributed by atoms with E-state index in [-0.39, 0.29) is 18.0 Å². The summed E-state index contributed by atoms with van der Waals surface area (Å²) in [4.78, 5) is 30.0. The van der Waals surface area contributed by atoms with Gasteiger partial charge < -0.3 is 24.6 Å². The fourth-order valence-electron chi connectivity index (χ4n) is 4.48. The SMILES string of the molecule is COC(=O)N1CC(n2nnc(-c3ccc(Cl)c(NC(=O)c4cnn5cc(N6CCOCC6)ccc45)c3)n2)C1. The number of rotatable bonds is 5. The molecule has 13 nitrogen and oxygen atoms in total. The fourth-order valence-corrected chi connectivity index (χ4v) is 4.65. The maximum Gasteiger partial charge on any atom is 0.409 e. The van der Waals surface area contributed by atoms with Crippen LogP contribution in [-0.2, 0) is 9.47 Å². The van der Waals surface area contributed by atoms with E-state index in [0.29, 0.717) is 59.5 Å². The van der Waals surface area contributed by atoms with Gasteiger partial charge in [-0.25, -0.2) is 9.31 Å². The molecule has 2 saturated heterocycles. The number of carbonyl (C=O) groups is 2. The van der Waals surface area contributed by atoms with E-state index in [2.05, 4.69) is 30.7 Å². The molecule has 14 heteroatoms. The number of nitrogens with zero attached hydrogens (tertiary/aromatic N) is 8. The highest BCUT2D eigenvalue weighted by Gasteiger charge is 2.34.